The summed E-state index contributed by atoms with van der Waals surface area (Å²) in [6.07, 6.45) is 4.36. The average molecular weight is 375 g/mol. The summed E-state index contributed by atoms with van der Waals surface area (Å²) in [4.78, 5) is 15.1. The molecular formula is C18H19F2N5O2. The molecule has 1 aliphatic carbocycles. The first-order chi connectivity index (χ1) is 12.8. The number of nitrogens with zero attached hydrogens (tertiary/aromatic N) is 3. The van der Waals surface area contributed by atoms with Crippen LogP contribution in [0.2, 0.25) is 0 Å². The molecule has 7 nitrogen and oxygen atoms in total. The monoisotopic (exact) mass is 375 g/mol. The Morgan fingerprint density at radius 2 is 2.11 bits per heavy atom. The van der Waals surface area contributed by atoms with Gasteiger partial charge in [-0.25, -0.2) is 23.7 Å². The van der Waals surface area contributed by atoms with E-state index in [2.05, 4.69) is 25.3 Å². The fourth-order valence-corrected chi connectivity index (χ4v) is 3.51. The SMILES string of the molecule is C[C@]1(O)CCC[C@H](Nc2nc(-c3c[nH]c4ncc(F)cc34)ncc2F)[C@@H]1O. The average Bonchev–Trinajstić information content (AvgIpc) is 3.04. The molecule has 0 spiro atoms. The maximum absolute atomic E-state index is 14.3. The second kappa shape index (κ2) is 6.50. The van der Waals surface area contributed by atoms with Crippen molar-refractivity contribution in [2.45, 2.75) is 43.9 Å². The zero-order valence-corrected chi connectivity index (χ0v) is 14.6. The van der Waals surface area contributed by atoms with Crippen LogP contribution in [0.15, 0.2) is 24.7 Å². The van der Waals surface area contributed by atoms with Crippen LogP contribution < -0.4 is 5.32 Å². The number of aromatic amines is 1. The van der Waals surface area contributed by atoms with E-state index in [4.69, 9.17) is 0 Å². The van der Waals surface area contributed by atoms with Gasteiger partial charge in [-0.1, -0.05) is 0 Å². The minimum absolute atomic E-state index is 0.0829. The van der Waals surface area contributed by atoms with Crippen molar-refractivity contribution >= 4 is 16.9 Å². The number of anilines is 1. The van der Waals surface area contributed by atoms with Crippen molar-refractivity contribution in [2.24, 2.45) is 0 Å². The number of aromatic nitrogens is 4. The number of rotatable bonds is 3. The third-order valence-electron chi connectivity index (χ3n) is 5.02. The lowest BCUT2D eigenvalue weighted by molar-refractivity contribution is -0.0919. The zero-order valence-electron chi connectivity index (χ0n) is 14.6. The Bertz CT molecular complexity index is 991. The largest absolute Gasteiger partial charge is 0.388 e. The van der Waals surface area contributed by atoms with E-state index in [9.17, 15) is 19.0 Å². The van der Waals surface area contributed by atoms with Gasteiger partial charge in [0.05, 0.1) is 24.0 Å². The molecule has 3 aromatic heterocycles. The van der Waals surface area contributed by atoms with Crippen molar-refractivity contribution in [1.82, 2.24) is 19.9 Å². The van der Waals surface area contributed by atoms with E-state index < -0.39 is 29.4 Å². The summed E-state index contributed by atoms with van der Waals surface area (Å²) in [6.45, 7) is 1.56. The fourth-order valence-electron chi connectivity index (χ4n) is 3.51. The summed E-state index contributed by atoms with van der Waals surface area (Å²) in [6, 6.07) is 0.754. The minimum Gasteiger partial charge on any atom is -0.388 e. The van der Waals surface area contributed by atoms with Gasteiger partial charge in [-0.3, -0.25) is 0 Å². The number of H-pyrrole nitrogens is 1. The summed E-state index contributed by atoms with van der Waals surface area (Å²) in [5.41, 5.74) is -0.300. The van der Waals surface area contributed by atoms with Crippen molar-refractivity contribution in [3.8, 4) is 11.4 Å². The number of nitrogens with one attached hydrogen (secondary N) is 2. The van der Waals surface area contributed by atoms with Crippen molar-refractivity contribution < 1.29 is 19.0 Å². The predicted octanol–water partition coefficient (Wildman–Crippen LogP) is 2.37. The second-order valence-electron chi connectivity index (χ2n) is 7.09. The molecule has 1 saturated carbocycles. The number of aliphatic hydroxyl groups excluding tert-OH is 1. The van der Waals surface area contributed by atoms with Gasteiger partial charge in [-0.15, -0.1) is 0 Å². The first kappa shape index (κ1) is 17.7. The van der Waals surface area contributed by atoms with Gasteiger partial charge in [0.25, 0.3) is 0 Å². The van der Waals surface area contributed by atoms with Crippen LogP contribution in [0.25, 0.3) is 22.4 Å². The number of pyridine rings is 1. The smallest absolute Gasteiger partial charge is 0.183 e. The molecule has 1 aliphatic rings. The van der Waals surface area contributed by atoms with Crippen molar-refractivity contribution in [1.29, 1.82) is 0 Å². The molecule has 0 amide bonds. The number of hydrogen-bond donors (Lipinski definition) is 4. The summed E-state index contributed by atoms with van der Waals surface area (Å²) in [7, 11) is 0. The third kappa shape index (κ3) is 3.24. The Hall–Kier alpha value is -2.65. The molecule has 0 aromatic carbocycles. The molecule has 0 unspecified atom stereocenters. The van der Waals surface area contributed by atoms with E-state index >= 15 is 0 Å². The van der Waals surface area contributed by atoms with Gasteiger partial charge in [0.1, 0.15) is 17.6 Å². The highest BCUT2D eigenvalue weighted by atomic mass is 19.1. The Morgan fingerprint density at radius 1 is 1.30 bits per heavy atom. The highest BCUT2D eigenvalue weighted by molar-refractivity contribution is 5.91. The van der Waals surface area contributed by atoms with Crippen LogP contribution in [0.1, 0.15) is 26.2 Å². The van der Waals surface area contributed by atoms with E-state index in [-0.39, 0.29) is 11.6 Å². The fraction of sp³-hybridized carbons (Fsp3) is 0.389. The molecule has 0 bridgehead atoms. The quantitative estimate of drug-likeness (QED) is 0.560. The van der Waals surface area contributed by atoms with Gasteiger partial charge in [-0.05, 0) is 32.3 Å². The Kier molecular flexibility index (Phi) is 4.27. The predicted molar refractivity (Wildman–Crippen MR) is 94.9 cm³/mol. The minimum atomic E-state index is -1.25. The van der Waals surface area contributed by atoms with Crippen LogP contribution in [0.5, 0.6) is 0 Å². The van der Waals surface area contributed by atoms with Gasteiger partial charge >= 0.3 is 0 Å². The van der Waals surface area contributed by atoms with Gasteiger partial charge in [0.2, 0.25) is 0 Å². The molecule has 0 radical (unpaired) electrons. The maximum Gasteiger partial charge on any atom is 0.183 e. The molecule has 0 saturated heterocycles. The molecule has 3 heterocycles. The van der Waals surface area contributed by atoms with Gasteiger partial charge < -0.3 is 20.5 Å². The Morgan fingerprint density at radius 3 is 2.93 bits per heavy atom. The summed E-state index contributed by atoms with van der Waals surface area (Å²) in [5, 5.41) is 23.9. The normalized spacial score (nSPS) is 25.7. The molecule has 27 heavy (non-hydrogen) atoms. The molecule has 4 rings (SSSR count). The number of halogens is 2. The molecule has 3 atom stereocenters. The molecule has 9 heteroatoms. The lowest BCUT2D eigenvalue weighted by atomic mass is 9.80. The maximum atomic E-state index is 14.3. The van der Waals surface area contributed by atoms with Crippen LogP contribution in [-0.2, 0) is 0 Å². The van der Waals surface area contributed by atoms with Crippen molar-refractivity contribution in [3.63, 3.8) is 0 Å². The summed E-state index contributed by atoms with van der Waals surface area (Å²) >= 11 is 0. The second-order valence-corrected chi connectivity index (χ2v) is 7.09. The van der Waals surface area contributed by atoms with E-state index in [0.717, 1.165) is 12.4 Å². The van der Waals surface area contributed by atoms with Gasteiger partial charge in [0.15, 0.2) is 17.5 Å². The standard InChI is InChI=1S/C18H19F2N5O2/c1-18(27)4-2-3-13(14(18)26)24-17-12(20)8-23-16(25-17)11-7-22-15-10(11)5-9(19)6-21-15/h5-8,13-14,26-27H,2-4H2,1H3,(H,21,22)(H,23,24,25)/t13-,14-,18-/m0/s1. The molecule has 0 aliphatic heterocycles. The Balaban J connectivity index is 1.68. The van der Waals surface area contributed by atoms with Gasteiger partial charge in [-0.2, -0.15) is 0 Å². The molecule has 4 N–H and O–H groups in total. The van der Waals surface area contributed by atoms with Crippen LogP contribution in [0.4, 0.5) is 14.6 Å². The van der Waals surface area contributed by atoms with E-state index in [0.29, 0.717) is 35.9 Å². The van der Waals surface area contributed by atoms with E-state index in [1.54, 1.807) is 13.1 Å². The summed E-state index contributed by atoms with van der Waals surface area (Å²) in [5.74, 6) is -1.08. The van der Waals surface area contributed by atoms with Crippen LogP contribution in [0.3, 0.4) is 0 Å². The number of aliphatic hydroxyl groups is 2. The van der Waals surface area contributed by atoms with Crippen molar-refractivity contribution in [3.05, 3.63) is 36.3 Å². The highest BCUT2D eigenvalue weighted by Gasteiger charge is 2.40. The lowest BCUT2D eigenvalue weighted by Gasteiger charge is -2.39. The molecule has 3 aromatic rings. The Labute approximate surface area is 153 Å². The lowest BCUT2D eigenvalue weighted by Crippen LogP contribution is -2.53. The first-order valence-corrected chi connectivity index (χ1v) is 8.68. The topological polar surface area (TPSA) is 107 Å². The number of fused-ring (bicyclic) bond motifs is 1. The van der Waals surface area contributed by atoms with Crippen molar-refractivity contribution in [2.75, 3.05) is 5.32 Å². The van der Waals surface area contributed by atoms with Gasteiger partial charge in [0, 0.05) is 17.1 Å². The number of hydrogen-bond acceptors (Lipinski definition) is 6. The first-order valence-electron chi connectivity index (χ1n) is 8.68. The highest BCUT2D eigenvalue weighted by Crippen LogP contribution is 2.31. The zero-order chi connectivity index (χ0) is 19.2. The molecule has 142 valence electrons. The summed E-state index contributed by atoms with van der Waals surface area (Å²) < 4.78 is 27.8. The molecular weight excluding hydrogens is 356 g/mol. The third-order valence-corrected chi connectivity index (χ3v) is 5.02. The van der Waals surface area contributed by atoms with Crippen LogP contribution in [-0.4, -0.2) is 47.9 Å². The van der Waals surface area contributed by atoms with E-state index in [1.165, 1.54) is 6.07 Å². The van der Waals surface area contributed by atoms with Crippen LogP contribution >= 0.6 is 0 Å². The van der Waals surface area contributed by atoms with Crippen LogP contribution in [0, 0.1) is 11.6 Å². The van der Waals surface area contributed by atoms with E-state index in [1.807, 2.05) is 0 Å². The molecule has 1 fully saturated rings.